The number of hydrogen-bond acceptors (Lipinski definition) is 0. The molecular formula is C14H20Hf. The van der Waals surface area contributed by atoms with Crippen molar-refractivity contribution in [1.82, 2.24) is 0 Å². The van der Waals surface area contributed by atoms with Gasteiger partial charge in [0, 0.05) is 0 Å². The summed E-state index contributed by atoms with van der Waals surface area (Å²) in [5.41, 5.74) is 5.42. The molecule has 0 radical (unpaired) electrons. The van der Waals surface area contributed by atoms with Gasteiger partial charge in [0.15, 0.2) is 0 Å². The van der Waals surface area contributed by atoms with Crippen molar-refractivity contribution >= 4 is 0 Å². The Bertz CT molecular complexity index is 270. The molecule has 0 heterocycles. The van der Waals surface area contributed by atoms with Gasteiger partial charge in [0.05, 0.1) is 0 Å². The number of allylic oxidation sites excluding steroid dienone is 8. The maximum atomic E-state index is 3.19. The predicted molar refractivity (Wildman–Crippen MR) is 63.8 cm³/mol. The average Bonchev–Trinajstić information content (AvgIpc) is 2.67. The summed E-state index contributed by atoms with van der Waals surface area (Å²) in [4.78, 5) is 0. The van der Waals surface area contributed by atoms with Crippen molar-refractivity contribution in [1.29, 1.82) is 0 Å². The minimum absolute atomic E-state index is 0. The molecule has 0 aliphatic heterocycles. The molecule has 0 aromatic heterocycles. The Hall–Kier alpha value is -0.170. The van der Waals surface area contributed by atoms with Crippen LogP contribution in [0, 0.1) is 12.2 Å². The predicted octanol–water partition coefficient (Wildman–Crippen LogP) is 4.39. The minimum Gasteiger partial charge on any atom is -1.00 e. The maximum Gasteiger partial charge on any atom is 4.00 e. The largest absolute Gasteiger partial charge is 4.00 e. The summed E-state index contributed by atoms with van der Waals surface area (Å²) in [6.45, 7) is 8.43. The Kier molecular flexibility index (Phi) is 7.08. The topological polar surface area (TPSA) is 0 Å². The van der Waals surface area contributed by atoms with Crippen molar-refractivity contribution in [2.24, 2.45) is 0 Å². The molecule has 0 atom stereocenters. The Morgan fingerprint density at radius 3 is 1.27 bits per heavy atom. The summed E-state index contributed by atoms with van der Waals surface area (Å²) >= 11 is 0. The van der Waals surface area contributed by atoms with Crippen molar-refractivity contribution in [2.45, 2.75) is 40.5 Å². The standard InChI is InChI=1S/2C7H9.Hf.2H/c2*1-6-4-3-5-7(6)2;;;/h2*4H,3H2,1-2H3;;;/q2*-1;+4;2*-1. The van der Waals surface area contributed by atoms with Crippen LogP contribution in [0.5, 0.6) is 0 Å². The van der Waals surface area contributed by atoms with E-state index >= 15 is 0 Å². The molecule has 0 N–H and O–H groups in total. The molecule has 2 rings (SSSR count). The molecule has 0 fully saturated rings. The van der Waals surface area contributed by atoms with Gasteiger partial charge in [0.2, 0.25) is 0 Å². The van der Waals surface area contributed by atoms with Crippen molar-refractivity contribution < 1.29 is 28.7 Å². The molecule has 0 unspecified atom stereocenters. The van der Waals surface area contributed by atoms with E-state index in [2.05, 4.69) is 52.0 Å². The third-order valence-corrected chi connectivity index (χ3v) is 2.73. The Morgan fingerprint density at radius 1 is 0.867 bits per heavy atom. The van der Waals surface area contributed by atoms with E-state index in [1.807, 2.05) is 0 Å². The van der Waals surface area contributed by atoms with Gasteiger partial charge in [-0.2, -0.15) is 12.2 Å². The molecular weight excluding hydrogens is 347 g/mol. The van der Waals surface area contributed by atoms with Gasteiger partial charge in [-0.1, -0.05) is 13.8 Å². The molecule has 2 aliphatic carbocycles. The SMILES string of the molecule is CC1=[C-]CC=C1C.CC1=[C-]CC=C1C.[H-].[H-].[Hf+4]. The van der Waals surface area contributed by atoms with Gasteiger partial charge in [0.1, 0.15) is 0 Å². The summed E-state index contributed by atoms with van der Waals surface area (Å²) in [6.07, 6.45) is 12.8. The van der Waals surface area contributed by atoms with Gasteiger partial charge in [0.25, 0.3) is 0 Å². The van der Waals surface area contributed by atoms with Gasteiger partial charge >= 0.3 is 25.8 Å². The van der Waals surface area contributed by atoms with Crippen LogP contribution in [0.2, 0.25) is 0 Å². The molecule has 0 saturated carbocycles. The summed E-state index contributed by atoms with van der Waals surface area (Å²) < 4.78 is 0. The molecule has 1 heteroatoms. The Labute approximate surface area is 116 Å². The normalized spacial score (nSPS) is 17.9. The van der Waals surface area contributed by atoms with Crippen LogP contribution in [0.25, 0.3) is 0 Å². The zero-order valence-corrected chi connectivity index (χ0v) is 13.7. The fraction of sp³-hybridized carbons (Fsp3) is 0.429. The Morgan fingerprint density at radius 2 is 1.20 bits per heavy atom. The second-order valence-corrected chi connectivity index (χ2v) is 3.79. The number of rotatable bonds is 0. The first kappa shape index (κ1) is 14.8. The fourth-order valence-electron chi connectivity index (χ4n) is 1.30. The van der Waals surface area contributed by atoms with Crippen LogP contribution >= 0.6 is 0 Å². The van der Waals surface area contributed by atoms with Gasteiger partial charge in [-0.15, -0.1) is 26.7 Å². The maximum absolute atomic E-state index is 3.19. The van der Waals surface area contributed by atoms with E-state index < -0.39 is 0 Å². The molecule has 0 bridgehead atoms. The molecule has 80 valence electrons. The van der Waals surface area contributed by atoms with E-state index in [9.17, 15) is 0 Å². The quantitative estimate of drug-likeness (QED) is 0.440. The third-order valence-electron chi connectivity index (χ3n) is 2.73. The van der Waals surface area contributed by atoms with Crippen molar-refractivity contribution in [3.63, 3.8) is 0 Å². The van der Waals surface area contributed by atoms with Gasteiger partial charge in [-0.05, 0) is 0 Å². The second kappa shape index (κ2) is 7.16. The van der Waals surface area contributed by atoms with Crippen LogP contribution in [0.1, 0.15) is 43.4 Å². The summed E-state index contributed by atoms with van der Waals surface area (Å²) in [5.74, 6) is 0. The van der Waals surface area contributed by atoms with E-state index in [4.69, 9.17) is 0 Å². The van der Waals surface area contributed by atoms with E-state index in [0.717, 1.165) is 12.8 Å². The Balaban J connectivity index is -0.000000196. The van der Waals surface area contributed by atoms with Crippen LogP contribution in [-0.2, 0) is 25.8 Å². The molecule has 0 aromatic carbocycles. The fourth-order valence-corrected chi connectivity index (χ4v) is 1.30. The summed E-state index contributed by atoms with van der Waals surface area (Å²) in [5, 5.41) is 0. The summed E-state index contributed by atoms with van der Waals surface area (Å²) in [6, 6.07) is 0. The molecule has 0 saturated heterocycles. The summed E-state index contributed by atoms with van der Waals surface area (Å²) in [7, 11) is 0. The first-order chi connectivity index (χ1) is 6.61. The van der Waals surface area contributed by atoms with Crippen LogP contribution in [-0.4, -0.2) is 0 Å². The molecule has 0 spiro atoms. The number of hydrogen-bond donors (Lipinski definition) is 0. The average molecular weight is 367 g/mol. The van der Waals surface area contributed by atoms with Gasteiger partial charge < -0.3 is 2.85 Å². The zero-order valence-electron chi connectivity index (χ0n) is 12.1. The monoisotopic (exact) mass is 368 g/mol. The minimum atomic E-state index is 0. The van der Waals surface area contributed by atoms with Gasteiger partial charge in [-0.25, -0.2) is 22.3 Å². The van der Waals surface area contributed by atoms with Crippen LogP contribution in [0.4, 0.5) is 0 Å². The third kappa shape index (κ3) is 4.92. The molecule has 0 aromatic rings. The van der Waals surface area contributed by atoms with E-state index in [1.54, 1.807) is 0 Å². The van der Waals surface area contributed by atoms with E-state index in [0.29, 0.717) is 0 Å². The van der Waals surface area contributed by atoms with E-state index in [1.165, 1.54) is 22.3 Å². The van der Waals surface area contributed by atoms with Crippen LogP contribution < -0.4 is 0 Å². The zero-order chi connectivity index (χ0) is 10.6. The van der Waals surface area contributed by atoms with Crippen LogP contribution in [0.3, 0.4) is 0 Å². The second-order valence-electron chi connectivity index (χ2n) is 3.79. The molecule has 15 heavy (non-hydrogen) atoms. The molecule has 0 nitrogen and oxygen atoms in total. The molecule has 0 amide bonds. The smallest absolute Gasteiger partial charge is 1.00 e. The van der Waals surface area contributed by atoms with E-state index in [-0.39, 0.29) is 28.7 Å². The van der Waals surface area contributed by atoms with Gasteiger partial charge in [-0.3, -0.25) is 12.2 Å². The van der Waals surface area contributed by atoms with Crippen molar-refractivity contribution in [2.75, 3.05) is 0 Å². The van der Waals surface area contributed by atoms with Crippen molar-refractivity contribution in [3.8, 4) is 0 Å². The van der Waals surface area contributed by atoms with Crippen molar-refractivity contribution in [3.05, 3.63) is 46.6 Å². The molecule has 2 aliphatic rings. The first-order valence-electron chi connectivity index (χ1n) is 5.10. The first-order valence-corrected chi connectivity index (χ1v) is 5.10. The van der Waals surface area contributed by atoms with Crippen LogP contribution in [0.15, 0.2) is 34.4 Å².